The van der Waals surface area contributed by atoms with Crippen molar-refractivity contribution in [3.05, 3.63) is 148 Å². The zero-order valence-electron chi connectivity index (χ0n) is 28.7. The van der Waals surface area contributed by atoms with Crippen LogP contribution in [0.1, 0.15) is 53.4 Å². The molecule has 52 heavy (non-hydrogen) atoms. The van der Waals surface area contributed by atoms with Gasteiger partial charge >= 0.3 is 35.7 Å². The quantitative estimate of drug-likeness (QED) is 0.160. The first-order chi connectivity index (χ1) is 24.3. The maximum atomic E-state index is 13.3. The number of amides is 1. The molecular formula is C39H33N2NaO8S2. The molecule has 7 rings (SSSR count). The maximum Gasteiger partial charge on any atom is 1.00 e. The van der Waals surface area contributed by atoms with Gasteiger partial charge in [-0.3, -0.25) is 10.1 Å². The third-order valence-electron chi connectivity index (χ3n) is 9.46. The molecule has 1 N–H and O–H groups in total. The Morgan fingerprint density at radius 2 is 1.50 bits per heavy atom. The van der Waals surface area contributed by atoms with Crippen molar-refractivity contribution in [1.29, 1.82) is 0 Å². The number of hydrogen-bond acceptors (Lipinski definition) is 9. The van der Waals surface area contributed by atoms with E-state index >= 15 is 0 Å². The molecular weight excluding hydrogens is 712 g/mol. The molecule has 1 amide bonds. The Balaban J connectivity index is 0.00000464. The van der Waals surface area contributed by atoms with E-state index in [4.69, 9.17) is 4.74 Å². The first-order valence-corrected chi connectivity index (χ1v) is 19.3. The van der Waals surface area contributed by atoms with Crippen molar-refractivity contribution < 1.29 is 65.3 Å². The number of fused-ring (bicyclic) bond motifs is 5. The van der Waals surface area contributed by atoms with Gasteiger partial charge in [0.05, 0.1) is 15.0 Å². The molecule has 2 aliphatic heterocycles. The summed E-state index contributed by atoms with van der Waals surface area (Å²) in [5, 5.41) is 2.86. The minimum absolute atomic E-state index is 0. The summed E-state index contributed by atoms with van der Waals surface area (Å²) in [4.78, 5) is 27.7. The molecule has 260 valence electrons. The Morgan fingerprint density at radius 3 is 2.13 bits per heavy atom. The monoisotopic (exact) mass is 744 g/mol. The number of hydrogen-bond donors (Lipinski definition) is 1. The van der Waals surface area contributed by atoms with Crippen LogP contribution in [-0.2, 0) is 30.1 Å². The van der Waals surface area contributed by atoms with Crippen LogP contribution >= 0.6 is 0 Å². The second-order valence-electron chi connectivity index (χ2n) is 13.0. The molecule has 4 aromatic rings. The van der Waals surface area contributed by atoms with E-state index in [0.717, 1.165) is 39.2 Å². The van der Waals surface area contributed by atoms with E-state index in [1.165, 1.54) is 24.3 Å². The molecule has 0 radical (unpaired) electrons. The number of ether oxygens (including phenoxy) is 1. The van der Waals surface area contributed by atoms with Crippen LogP contribution in [-0.4, -0.2) is 45.6 Å². The minimum atomic E-state index is -4.44. The van der Waals surface area contributed by atoms with Gasteiger partial charge in [0, 0.05) is 51.5 Å². The summed E-state index contributed by atoms with van der Waals surface area (Å²) in [6, 6.07) is 27.0. The molecule has 0 aromatic heterocycles. The summed E-state index contributed by atoms with van der Waals surface area (Å²) >= 11 is 0. The zero-order valence-corrected chi connectivity index (χ0v) is 32.3. The second kappa shape index (κ2) is 14.3. The second-order valence-corrected chi connectivity index (χ2v) is 16.4. The number of nitrogens with one attached hydrogen (secondary N) is 1. The molecule has 0 bridgehead atoms. The minimum Gasteiger partial charge on any atom is -0.748 e. The first-order valence-electron chi connectivity index (χ1n) is 16.3. The Labute approximate surface area is 324 Å². The number of benzene rings is 4. The number of allylic oxidation sites excluding steroid dienone is 6. The predicted molar refractivity (Wildman–Crippen MR) is 193 cm³/mol. The molecule has 13 heteroatoms. The average molecular weight is 745 g/mol. The van der Waals surface area contributed by atoms with Crippen molar-refractivity contribution in [2.75, 3.05) is 22.5 Å². The van der Waals surface area contributed by atoms with Crippen molar-refractivity contribution in [2.24, 2.45) is 0 Å². The van der Waals surface area contributed by atoms with Crippen LogP contribution in [0, 0.1) is 0 Å². The van der Waals surface area contributed by atoms with E-state index in [9.17, 15) is 31.0 Å². The standard InChI is InChI=1S/C39H34N2O8S2.Na/c1-39(2)31-24-25(40-38(43)49-37-28-14-5-3-12-26(28)27-13-4-6-15-29(27)37)20-21-32(31)41(22-11-23-50(44,45)46)35(39)19-10-9-18-34-36(42)30-16-7-8-17-33(30)51(34,47)48;/h3-10,12-21,24,37H,11,22-23H2,1-2H3,(H,40,43)(H,44,45,46);/q;+1/p-1/b10-9+,34-18-,35-19-;. The fourth-order valence-electron chi connectivity index (χ4n) is 7.10. The Hall–Kier alpha value is -4.30. The van der Waals surface area contributed by atoms with Gasteiger partial charge in [-0.2, -0.15) is 0 Å². The maximum absolute atomic E-state index is 13.3. The number of anilines is 2. The largest absolute Gasteiger partial charge is 1.00 e. The SMILES string of the molecule is CC1(C)/C(=C/C=C/C=C2/C(=O)c3ccccc3S2(=O)=O)N(CCCS(=O)(=O)[O-])c2ccc(NC(=O)OC3c4ccccc4-c4ccccc43)cc21.[Na+]. The molecule has 4 aromatic carbocycles. The summed E-state index contributed by atoms with van der Waals surface area (Å²) < 4.78 is 66.3. The van der Waals surface area contributed by atoms with Crippen LogP contribution in [0.15, 0.2) is 131 Å². The van der Waals surface area contributed by atoms with Gasteiger partial charge in [-0.15, -0.1) is 0 Å². The number of sulfone groups is 1. The van der Waals surface area contributed by atoms with Gasteiger partial charge in [-0.05, 0) is 65.6 Å². The van der Waals surface area contributed by atoms with Gasteiger partial charge in [-0.25, -0.2) is 21.6 Å². The molecule has 0 unspecified atom stereocenters. The van der Waals surface area contributed by atoms with E-state index in [0.29, 0.717) is 5.69 Å². The summed E-state index contributed by atoms with van der Waals surface area (Å²) in [7, 11) is -8.40. The first kappa shape index (κ1) is 37.5. The van der Waals surface area contributed by atoms with Crippen molar-refractivity contribution in [3.8, 4) is 11.1 Å². The van der Waals surface area contributed by atoms with E-state index < -0.39 is 49.1 Å². The average Bonchev–Trinajstić information content (AvgIpc) is 3.59. The third kappa shape index (κ3) is 6.82. The van der Waals surface area contributed by atoms with Gasteiger partial charge in [0.25, 0.3) is 0 Å². The zero-order chi connectivity index (χ0) is 36.1. The van der Waals surface area contributed by atoms with Gasteiger partial charge in [0.15, 0.2) is 6.10 Å². The molecule has 0 atom stereocenters. The van der Waals surface area contributed by atoms with Crippen LogP contribution < -0.4 is 39.8 Å². The molecule has 0 saturated heterocycles. The van der Waals surface area contributed by atoms with Crippen molar-refractivity contribution in [3.63, 3.8) is 0 Å². The van der Waals surface area contributed by atoms with Crippen LogP contribution in [0.5, 0.6) is 0 Å². The number of carbonyl (C=O) groups excluding carboxylic acids is 2. The van der Waals surface area contributed by atoms with Crippen molar-refractivity contribution >= 4 is 43.2 Å². The van der Waals surface area contributed by atoms with Crippen LogP contribution in [0.3, 0.4) is 0 Å². The number of Topliss-reactive ketones (excluding diaryl/α,β-unsaturated/α-hetero) is 1. The van der Waals surface area contributed by atoms with E-state index in [2.05, 4.69) is 5.32 Å². The molecule has 0 saturated carbocycles. The van der Waals surface area contributed by atoms with Gasteiger partial charge in [0.1, 0.15) is 4.91 Å². The Morgan fingerprint density at radius 1 is 0.904 bits per heavy atom. The van der Waals surface area contributed by atoms with E-state index in [1.54, 1.807) is 30.4 Å². The fourth-order valence-corrected chi connectivity index (χ4v) is 9.14. The Kier molecular flexibility index (Phi) is 10.3. The van der Waals surface area contributed by atoms with Crippen molar-refractivity contribution in [1.82, 2.24) is 0 Å². The number of nitrogens with zero attached hydrogens (tertiary/aromatic N) is 1. The van der Waals surface area contributed by atoms with Gasteiger partial charge in [0.2, 0.25) is 15.6 Å². The van der Waals surface area contributed by atoms with E-state index in [1.807, 2.05) is 79.4 Å². The van der Waals surface area contributed by atoms with Crippen molar-refractivity contribution in [2.45, 2.75) is 36.7 Å². The molecule has 0 spiro atoms. The number of rotatable bonds is 8. The third-order valence-corrected chi connectivity index (χ3v) is 12.1. The van der Waals surface area contributed by atoms with Crippen LogP contribution in [0.25, 0.3) is 11.1 Å². The molecule has 1 aliphatic carbocycles. The summed E-state index contributed by atoms with van der Waals surface area (Å²) in [6.07, 6.45) is 4.98. The smallest absolute Gasteiger partial charge is 0.748 e. The number of carbonyl (C=O) groups is 2. The van der Waals surface area contributed by atoms with Crippen LogP contribution in [0.4, 0.5) is 16.2 Å². The van der Waals surface area contributed by atoms with Crippen LogP contribution in [0.2, 0.25) is 0 Å². The van der Waals surface area contributed by atoms with Gasteiger partial charge in [-0.1, -0.05) is 86.7 Å². The number of ketones is 1. The van der Waals surface area contributed by atoms with E-state index in [-0.39, 0.29) is 57.9 Å². The topological polar surface area (TPSA) is 150 Å². The fraction of sp³-hybridized carbons (Fsp3) is 0.179. The normalized spacial score (nSPS) is 18.2. The molecule has 3 aliphatic rings. The molecule has 0 fully saturated rings. The molecule has 2 heterocycles. The summed E-state index contributed by atoms with van der Waals surface area (Å²) in [6.45, 7) is 4.13. The Bertz CT molecular complexity index is 2390. The summed E-state index contributed by atoms with van der Waals surface area (Å²) in [5.74, 6) is -1.12. The molecule has 10 nitrogen and oxygen atoms in total. The predicted octanol–water partition coefficient (Wildman–Crippen LogP) is 4.04. The summed E-state index contributed by atoms with van der Waals surface area (Å²) in [5.41, 5.74) is 6.08. The van der Waals surface area contributed by atoms with Gasteiger partial charge < -0.3 is 14.2 Å².